The maximum Gasteiger partial charge on any atom is 0.187 e. The van der Waals surface area contributed by atoms with Crippen molar-refractivity contribution >= 4 is 0 Å². The zero-order chi connectivity index (χ0) is 59.5. The number of aliphatic hydroxyl groups is 18. The summed E-state index contributed by atoms with van der Waals surface area (Å²) in [5.74, 6) is 0. The van der Waals surface area contributed by atoms with Crippen molar-refractivity contribution in [3.63, 3.8) is 0 Å². The van der Waals surface area contributed by atoms with Gasteiger partial charge in [-0.05, 0) is 20.3 Å². The Morgan fingerprint density at radius 2 is 0.765 bits per heavy atom. The van der Waals surface area contributed by atoms with E-state index in [9.17, 15) is 91.9 Å². The molecule has 22 N–H and O–H groups in total. The van der Waals surface area contributed by atoms with Gasteiger partial charge in [0.2, 0.25) is 0 Å². The maximum atomic E-state index is 11.9. The summed E-state index contributed by atoms with van der Waals surface area (Å²) in [5, 5.41) is 194. The summed E-state index contributed by atoms with van der Waals surface area (Å²) < 4.78 is 82.0. The van der Waals surface area contributed by atoms with E-state index in [1.807, 2.05) is 0 Å². The average Bonchev–Trinajstić information content (AvgIpc) is 3.45. The van der Waals surface area contributed by atoms with Crippen LogP contribution in [-0.4, -0.2) is 353 Å². The first kappa shape index (κ1) is 66.9. The van der Waals surface area contributed by atoms with Crippen LogP contribution in [-0.2, 0) is 66.3 Å². The average molecular weight is 1190 g/mol. The lowest BCUT2D eigenvalue weighted by Gasteiger charge is -2.51. The molecule has 7 aliphatic rings. The number of aliphatic hydroxyl groups excluding tert-OH is 18. The Hall–Kier alpha value is -1.62. The molecule has 0 aromatic rings. The highest BCUT2D eigenvalue weighted by Crippen LogP contribution is 2.38. The fourth-order valence-electron chi connectivity index (χ4n) is 10.7. The molecule has 7 aliphatic heterocycles. The minimum absolute atomic E-state index is 0.120. The first-order valence-corrected chi connectivity index (χ1v) is 26.6. The molecule has 34 nitrogen and oxygen atoms in total. The fourth-order valence-corrected chi connectivity index (χ4v) is 10.7. The van der Waals surface area contributed by atoms with E-state index in [4.69, 9.17) is 77.8 Å². The van der Waals surface area contributed by atoms with Crippen LogP contribution in [0.2, 0.25) is 0 Å². The number of rotatable bonds is 22. The molecule has 0 aliphatic carbocycles. The molecule has 34 heteroatoms. The second kappa shape index (κ2) is 29.4. The van der Waals surface area contributed by atoms with Gasteiger partial charge in [0.15, 0.2) is 37.7 Å². The normalized spacial score (nSPS) is 51.9. The highest BCUT2D eigenvalue weighted by molar-refractivity contribution is 5.02. The molecule has 0 amide bonds. The number of ether oxygens (including phenoxy) is 14. The third kappa shape index (κ3) is 14.4. The largest absolute Gasteiger partial charge is 0.394 e. The lowest BCUT2D eigenvalue weighted by atomic mass is 9.93. The molecular weight excluding hydrogens is 1100 g/mol. The Kier molecular flexibility index (Phi) is 24.3. The molecule has 35 atom stereocenters. The minimum Gasteiger partial charge on any atom is -0.394 e. The first-order chi connectivity index (χ1) is 38.5. The molecule has 7 heterocycles. The van der Waals surface area contributed by atoms with Gasteiger partial charge in [-0.2, -0.15) is 0 Å². The van der Waals surface area contributed by atoms with Crippen molar-refractivity contribution in [2.75, 3.05) is 46.2 Å². The molecule has 21 unspecified atom stereocenters. The SMILES string of the molecule is C=CCO[C@@H]1OC(CO)[C@H](O)C(O[C@@H]2OC(CO)[C@H](O[C@@H]3OC(CO)[C@H](O)C(O[C@@H]4OC(CO)[C@@H](O[C@@H]5OC(CO)[C@H](O)C(O)C5O[C@@H]5OC(C)[C@@H](O)C(O)C5O)C(OCC[C@@H]5OC(C)[C@@H](O)C(O)C5O)C4N)C3O)C(O)C2N)C1O. The van der Waals surface area contributed by atoms with Gasteiger partial charge in [-0.15, -0.1) is 6.58 Å². The molecule has 0 radical (unpaired) electrons. The predicted octanol–water partition coefficient (Wildman–Crippen LogP) is -12.6. The quantitative estimate of drug-likeness (QED) is 0.0448. The van der Waals surface area contributed by atoms with Gasteiger partial charge >= 0.3 is 0 Å². The monoisotopic (exact) mass is 1190 g/mol. The van der Waals surface area contributed by atoms with Crippen LogP contribution in [0.25, 0.3) is 0 Å². The van der Waals surface area contributed by atoms with E-state index in [1.54, 1.807) is 0 Å². The van der Waals surface area contributed by atoms with E-state index in [-0.39, 0.29) is 13.0 Å². The molecular formula is C47H82N2O32. The summed E-state index contributed by atoms with van der Waals surface area (Å²) in [6, 6.07) is -3.30. The van der Waals surface area contributed by atoms with Crippen LogP contribution < -0.4 is 11.5 Å². The number of hydrogen-bond acceptors (Lipinski definition) is 34. The Morgan fingerprint density at radius 3 is 1.33 bits per heavy atom. The van der Waals surface area contributed by atoms with Crippen LogP contribution in [0, 0.1) is 0 Å². The maximum absolute atomic E-state index is 11.9. The summed E-state index contributed by atoms with van der Waals surface area (Å²) in [4.78, 5) is 0. The summed E-state index contributed by atoms with van der Waals surface area (Å²) >= 11 is 0. The molecule has 0 bridgehead atoms. The van der Waals surface area contributed by atoms with Crippen LogP contribution in [0.15, 0.2) is 12.7 Å². The first-order valence-electron chi connectivity index (χ1n) is 26.6. The lowest BCUT2D eigenvalue weighted by molar-refractivity contribution is -0.392. The van der Waals surface area contributed by atoms with E-state index in [2.05, 4.69) is 6.58 Å². The summed E-state index contributed by atoms with van der Waals surface area (Å²) in [7, 11) is 0. The Balaban J connectivity index is 1.12. The van der Waals surface area contributed by atoms with Crippen LogP contribution in [0.3, 0.4) is 0 Å². The zero-order valence-corrected chi connectivity index (χ0v) is 44.1. The topological polar surface area (TPSA) is 545 Å². The molecule has 7 fully saturated rings. The smallest absolute Gasteiger partial charge is 0.187 e. The van der Waals surface area contributed by atoms with Crippen molar-refractivity contribution in [3.8, 4) is 0 Å². The van der Waals surface area contributed by atoms with E-state index in [0.29, 0.717) is 0 Å². The fraction of sp³-hybridized carbons (Fsp3) is 0.957. The van der Waals surface area contributed by atoms with Crippen LogP contribution in [0.4, 0.5) is 0 Å². The Bertz CT molecular complexity index is 1910. The minimum atomic E-state index is -2.14. The van der Waals surface area contributed by atoms with Crippen LogP contribution >= 0.6 is 0 Å². The summed E-state index contributed by atoms with van der Waals surface area (Å²) in [5.41, 5.74) is 13.2. The van der Waals surface area contributed by atoms with Crippen molar-refractivity contribution in [1.29, 1.82) is 0 Å². The van der Waals surface area contributed by atoms with E-state index in [0.717, 1.165) is 0 Å². The molecule has 7 rings (SSSR count). The van der Waals surface area contributed by atoms with Crippen molar-refractivity contribution in [2.24, 2.45) is 11.5 Å². The molecule has 0 aromatic carbocycles. The third-order valence-electron chi connectivity index (χ3n) is 15.5. The van der Waals surface area contributed by atoms with Gasteiger partial charge in [0, 0.05) is 6.61 Å². The molecule has 0 saturated carbocycles. The van der Waals surface area contributed by atoms with E-state index < -0.39 is 254 Å². The highest BCUT2D eigenvalue weighted by atomic mass is 16.8. The van der Waals surface area contributed by atoms with E-state index >= 15 is 0 Å². The van der Waals surface area contributed by atoms with Crippen LogP contribution in [0.5, 0.6) is 0 Å². The molecule has 7 saturated heterocycles. The molecule has 472 valence electrons. The number of nitrogens with two attached hydrogens (primary N) is 2. The summed E-state index contributed by atoms with van der Waals surface area (Å²) in [6.45, 7) is 1.15. The van der Waals surface area contributed by atoms with Gasteiger partial charge < -0.3 is 170 Å². The lowest BCUT2D eigenvalue weighted by Crippen LogP contribution is -2.70. The molecule has 0 spiro atoms. The van der Waals surface area contributed by atoms with Crippen molar-refractivity contribution in [2.45, 2.75) is 235 Å². The highest BCUT2D eigenvalue weighted by Gasteiger charge is 2.58. The van der Waals surface area contributed by atoms with Gasteiger partial charge in [-0.1, -0.05) is 6.08 Å². The Labute approximate surface area is 462 Å². The van der Waals surface area contributed by atoms with Gasteiger partial charge in [0.25, 0.3) is 0 Å². The summed E-state index contributed by atoms with van der Waals surface area (Å²) in [6.07, 6.45) is -54.8. The second-order valence-electron chi connectivity index (χ2n) is 21.0. The van der Waals surface area contributed by atoms with Gasteiger partial charge in [-0.3, -0.25) is 0 Å². The Morgan fingerprint density at radius 1 is 0.346 bits per heavy atom. The zero-order valence-electron chi connectivity index (χ0n) is 44.1. The standard InChI is InChI=1S/C47H82N2O32/c1-4-6-69-44-34(66)39(27(59)17(9-51)72-44)79-42-21(48)29(61)36(19(11-53)75-42)77-46-35(67)40(28(60)18(10-52)73-46)80-43-22(49)38(68-7-5-15-25(57)30(62)23(55)13(2)70-15)37(20(12-54)76-43)78-47-41(32(64)26(58)16(8-50)74-47)81-45-33(65)31(63)24(56)14(3)71-45/h4,13-47,50-67H,1,5-12,48-49H2,2-3H3/t13?,14?,15-,16?,17?,18?,19?,20?,21?,22?,23+,24+,25?,26-,27-,28-,29?,30?,31?,32?,33?,34?,35?,36-,37+,38?,39?,40?,41?,42-,43-,44+,45-,46-,47-/m0/s1. The van der Waals surface area contributed by atoms with Gasteiger partial charge in [0.1, 0.15) is 146 Å². The number of hydrogen-bond donors (Lipinski definition) is 20. The van der Waals surface area contributed by atoms with Crippen molar-refractivity contribution in [3.05, 3.63) is 12.7 Å². The van der Waals surface area contributed by atoms with E-state index in [1.165, 1.54) is 19.9 Å². The van der Waals surface area contributed by atoms with Gasteiger partial charge in [-0.25, -0.2) is 0 Å². The predicted molar refractivity (Wildman–Crippen MR) is 256 cm³/mol. The molecule has 0 aromatic heterocycles. The third-order valence-corrected chi connectivity index (χ3v) is 15.5. The van der Waals surface area contributed by atoms with Gasteiger partial charge in [0.05, 0.1) is 70.0 Å². The second-order valence-corrected chi connectivity index (χ2v) is 21.0. The molecule has 81 heavy (non-hydrogen) atoms. The van der Waals surface area contributed by atoms with Crippen molar-refractivity contribution < 1.29 is 158 Å². The van der Waals surface area contributed by atoms with Crippen molar-refractivity contribution in [1.82, 2.24) is 0 Å². The van der Waals surface area contributed by atoms with Crippen LogP contribution in [0.1, 0.15) is 20.3 Å².